The molecule has 2 aromatic carbocycles. The van der Waals surface area contributed by atoms with Gasteiger partial charge in [0.1, 0.15) is 5.56 Å². The summed E-state index contributed by atoms with van der Waals surface area (Å²) in [4.78, 5) is 38.1. The summed E-state index contributed by atoms with van der Waals surface area (Å²) in [5.74, 6) is -0.173. The Balaban J connectivity index is 1.45. The molecule has 0 radical (unpaired) electrons. The van der Waals surface area contributed by atoms with Gasteiger partial charge in [-0.15, -0.1) is 0 Å². The standard InChI is InChI=1S/C26H26ClN3O3/c27-23-11-5-4-9-21(23)25(32)29-19-12-14-20(15-13-19)30-16-6-10-22(26(30)33)24(31)28-17-18-7-2-1-3-8-18/h4-6,9-16,18H,1-3,7-8,17H2,(H,28,31)(H,29,32). The number of amides is 2. The number of hydrogen-bond acceptors (Lipinski definition) is 3. The maximum Gasteiger partial charge on any atom is 0.267 e. The van der Waals surface area contributed by atoms with Crippen LogP contribution >= 0.6 is 11.6 Å². The first-order valence-corrected chi connectivity index (χ1v) is 11.6. The Morgan fingerprint density at radius 1 is 0.879 bits per heavy atom. The fraction of sp³-hybridized carbons (Fsp3) is 0.269. The third-order valence-corrected chi connectivity index (χ3v) is 6.32. The van der Waals surface area contributed by atoms with Crippen LogP contribution in [0.3, 0.4) is 0 Å². The molecule has 1 aliphatic carbocycles. The molecule has 170 valence electrons. The van der Waals surface area contributed by atoms with E-state index in [1.807, 2.05) is 0 Å². The van der Waals surface area contributed by atoms with E-state index in [0.717, 1.165) is 12.8 Å². The van der Waals surface area contributed by atoms with Crippen molar-refractivity contribution in [2.45, 2.75) is 32.1 Å². The SMILES string of the molecule is O=C(Nc1ccc(-n2cccc(C(=O)NCC3CCCCC3)c2=O)cc1)c1ccccc1Cl. The van der Waals surface area contributed by atoms with E-state index < -0.39 is 0 Å². The van der Waals surface area contributed by atoms with Crippen LogP contribution in [0.4, 0.5) is 5.69 Å². The molecule has 0 unspecified atom stereocenters. The predicted molar refractivity (Wildman–Crippen MR) is 130 cm³/mol. The summed E-state index contributed by atoms with van der Waals surface area (Å²) in [5, 5.41) is 6.10. The normalized spacial score (nSPS) is 14.0. The van der Waals surface area contributed by atoms with Crippen molar-refractivity contribution >= 4 is 29.1 Å². The fourth-order valence-corrected chi connectivity index (χ4v) is 4.36. The zero-order chi connectivity index (χ0) is 23.2. The highest BCUT2D eigenvalue weighted by Gasteiger charge is 2.17. The van der Waals surface area contributed by atoms with E-state index in [1.165, 1.54) is 23.8 Å². The topological polar surface area (TPSA) is 80.2 Å². The maximum atomic E-state index is 13.0. The highest BCUT2D eigenvalue weighted by atomic mass is 35.5. The molecule has 4 rings (SSSR count). The molecule has 1 saturated carbocycles. The molecule has 3 aromatic rings. The number of pyridine rings is 1. The first-order chi connectivity index (χ1) is 16.0. The van der Waals surface area contributed by atoms with Gasteiger partial charge in [0, 0.05) is 24.1 Å². The Kier molecular flexibility index (Phi) is 7.25. The van der Waals surface area contributed by atoms with Gasteiger partial charge >= 0.3 is 0 Å². The highest BCUT2D eigenvalue weighted by molar-refractivity contribution is 6.34. The van der Waals surface area contributed by atoms with Crippen LogP contribution in [-0.4, -0.2) is 22.9 Å². The molecule has 7 heteroatoms. The van der Waals surface area contributed by atoms with E-state index in [4.69, 9.17) is 11.6 Å². The van der Waals surface area contributed by atoms with Gasteiger partial charge in [-0.05, 0) is 67.3 Å². The number of nitrogens with zero attached hydrogens (tertiary/aromatic N) is 1. The lowest BCUT2D eigenvalue weighted by Crippen LogP contribution is -2.35. The number of aromatic nitrogens is 1. The molecule has 33 heavy (non-hydrogen) atoms. The Morgan fingerprint density at radius 3 is 2.30 bits per heavy atom. The Labute approximate surface area is 197 Å². The number of nitrogens with one attached hydrogen (secondary N) is 2. The quantitative estimate of drug-likeness (QED) is 0.536. The van der Waals surface area contributed by atoms with Gasteiger partial charge in [-0.1, -0.05) is 43.0 Å². The molecule has 0 aliphatic heterocycles. The summed E-state index contributed by atoms with van der Waals surface area (Å²) in [6.45, 7) is 0.604. The number of carbonyl (C=O) groups excluding carboxylic acids is 2. The largest absolute Gasteiger partial charge is 0.352 e. The summed E-state index contributed by atoms with van der Waals surface area (Å²) < 4.78 is 1.43. The van der Waals surface area contributed by atoms with Crippen molar-refractivity contribution < 1.29 is 9.59 Å². The first kappa shape index (κ1) is 22.8. The van der Waals surface area contributed by atoms with Gasteiger partial charge in [0.25, 0.3) is 17.4 Å². The van der Waals surface area contributed by atoms with E-state index in [1.54, 1.807) is 66.9 Å². The molecule has 2 amide bonds. The maximum absolute atomic E-state index is 13.0. The van der Waals surface area contributed by atoms with Crippen LogP contribution in [0.1, 0.15) is 52.8 Å². The van der Waals surface area contributed by atoms with Crippen LogP contribution in [0.5, 0.6) is 0 Å². The van der Waals surface area contributed by atoms with Crippen molar-refractivity contribution in [1.82, 2.24) is 9.88 Å². The molecular formula is C26H26ClN3O3. The van der Waals surface area contributed by atoms with Crippen LogP contribution in [0.2, 0.25) is 5.02 Å². The highest BCUT2D eigenvalue weighted by Crippen LogP contribution is 2.23. The Hall–Kier alpha value is -3.38. The molecule has 0 spiro atoms. The van der Waals surface area contributed by atoms with E-state index in [9.17, 15) is 14.4 Å². The van der Waals surface area contributed by atoms with Crippen LogP contribution in [-0.2, 0) is 0 Å². The Bertz CT molecular complexity index is 1200. The van der Waals surface area contributed by atoms with Crippen LogP contribution < -0.4 is 16.2 Å². The third-order valence-electron chi connectivity index (χ3n) is 5.99. The number of hydrogen-bond donors (Lipinski definition) is 2. The molecule has 2 N–H and O–H groups in total. The molecule has 6 nitrogen and oxygen atoms in total. The van der Waals surface area contributed by atoms with Crippen molar-refractivity contribution in [2.24, 2.45) is 5.92 Å². The fourth-order valence-electron chi connectivity index (χ4n) is 4.14. The smallest absolute Gasteiger partial charge is 0.267 e. The van der Waals surface area contributed by atoms with Gasteiger partial charge < -0.3 is 10.6 Å². The van der Waals surface area contributed by atoms with E-state index in [-0.39, 0.29) is 22.9 Å². The summed E-state index contributed by atoms with van der Waals surface area (Å²) in [7, 11) is 0. The number of halogens is 1. The zero-order valence-electron chi connectivity index (χ0n) is 18.2. The molecule has 1 aromatic heterocycles. The summed E-state index contributed by atoms with van der Waals surface area (Å²) >= 11 is 6.08. The second kappa shape index (κ2) is 10.5. The Morgan fingerprint density at radius 2 is 1.58 bits per heavy atom. The van der Waals surface area contributed by atoms with Gasteiger partial charge in [0.15, 0.2) is 0 Å². The lowest BCUT2D eigenvalue weighted by atomic mass is 9.89. The summed E-state index contributed by atoms with van der Waals surface area (Å²) in [6.07, 6.45) is 7.53. The number of carbonyl (C=O) groups is 2. The molecule has 1 fully saturated rings. The van der Waals surface area contributed by atoms with Gasteiger partial charge in [-0.3, -0.25) is 19.0 Å². The number of benzene rings is 2. The average Bonchev–Trinajstić information content (AvgIpc) is 2.84. The van der Waals surface area contributed by atoms with Gasteiger partial charge in [-0.2, -0.15) is 0 Å². The first-order valence-electron chi connectivity index (χ1n) is 11.2. The van der Waals surface area contributed by atoms with Crippen molar-refractivity contribution in [3.05, 3.63) is 93.4 Å². The average molecular weight is 464 g/mol. The predicted octanol–water partition coefficient (Wildman–Crippen LogP) is 5.05. The van der Waals surface area contributed by atoms with Crippen molar-refractivity contribution in [3.8, 4) is 5.69 Å². The minimum absolute atomic E-state index is 0.115. The van der Waals surface area contributed by atoms with Crippen LogP contribution in [0.15, 0.2) is 71.7 Å². The molecule has 0 bridgehead atoms. The van der Waals surface area contributed by atoms with Crippen molar-refractivity contribution in [1.29, 1.82) is 0 Å². The monoisotopic (exact) mass is 463 g/mol. The lowest BCUT2D eigenvalue weighted by Gasteiger charge is -2.21. The zero-order valence-corrected chi connectivity index (χ0v) is 19.0. The van der Waals surface area contributed by atoms with Gasteiger partial charge in [0.2, 0.25) is 0 Å². The summed E-state index contributed by atoms with van der Waals surface area (Å²) in [6, 6.07) is 16.9. The second-order valence-corrected chi connectivity index (χ2v) is 8.70. The van der Waals surface area contributed by atoms with Crippen molar-refractivity contribution in [3.63, 3.8) is 0 Å². The van der Waals surface area contributed by atoms with Crippen molar-refractivity contribution in [2.75, 3.05) is 11.9 Å². The van der Waals surface area contributed by atoms with Crippen LogP contribution in [0, 0.1) is 5.92 Å². The summed E-state index contributed by atoms with van der Waals surface area (Å²) in [5.41, 5.74) is 1.28. The molecule has 1 aliphatic rings. The number of rotatable bonds is 6. The van der Waals surface area contributed by atoms with Crippen LogP contribution in [0.25, 0.3) is 5.69 Å². The third kappa shape index (κ3) is 5.52. The lowest BCUT2D eigenvalue weighted by molar-refractivity contribution is 0.0941. The molecule has 1 heterocycles. The molecule has 0 saturated heterocycles. The van der Waals surface area contributed by atoms with E-state index in [2.05, 4.69) is 10.6 Å². The minimum atomic E-state index is -0.383. The second-order valence-electron chi connectivity index (χ2n) is 8.29. The van der Waals surface area contributed by atoms with E-state index >= 15 is 0 Å². The molecule has 0 atom stereocenters. The van der Waals surface area contributed by atoms with Gasteiger partial charge in [0.05, 0.1) is 10.6 Å². The van der Waals surface area contributed by atoms with E-state index in [0.29, 0.717) is 34.4 Å². The minimum Gasteiger partial charge on any atom is -0.352 e. The molecular weight excluding hydrogens is 438 g/mol. The number of anilines is 1. The van der Waals surface area contributed by atoms with Gasteiger partial charge in [-0.25, -0.2) is 0 Å².